The molecule has 1 aliphatic heterocycles. The molecule has 1 aliphatic rings. The van der Waals surface area contributed by atoms with E-state index in [1.165, 1.54) is 0 Å². The van der Waals surface area contributed by atoms with Crippen LogP contribution in [0.5, 0.6) is 0 Å². The summed E-state index contributed by atoms with van der Waals surface area (Å²) in [6.45, 7) is 5.35. The third-order valence-electron chi connectivity index (χ3n) is 3.26. The molecule has 0 bridgehead atoms. The number of hydrogen-bond donors (Lipinski definition) is 1. The van der Waals surface area contributed by atoms with Crippen molar-refractivity contribution in [2.45, 2.75) is 6.92 Å². The number of H-pyrrole nitrogens is 1. The summed E-state index contributed by atoms with van der Waals surface area (Å²) >= 11 is 5.04. The van der Waals surface area contributed by atoms with Crippen LogP contribution in [0, 0.1) is 11.7 Å². The molecule has 2 aromatic rings. The first-order chi connectivity index (χ1) is 9.74. The second kappa shape index (κ2) is 5.49. The lowest BCUT2D eigenvalue weighted by Gasteiger charge is -2.35. The minimum absolute atomic E-state index is 0.416. The molecule has 3 heterocycles. The van der Waals surface area contributed by atoms with Crippen LogP contribution in [0.15, 0.2) is 18.5 Å². The molecule has 0 atom stereocenters. The molecule has 0 saturated carbocycles. The second-order valence-electron chi connectivity index (χ2n) is 4.57. The van der Waals surface area contributed by atoms with Crippen LogP contribution in [0.4, 0.5) is 11.8 Å². The van der Waals surface area contributed by atoms with Gasteiger partial charge in [-0.05, 0) is 25.2 Å². The Balaban J connectivity index is 1.73. The number of aryl methyl sites for hydroxylation is 1. The van der Waals surface area contributed by atoms with Crippen molar-refractivity contribution in [2.75, 3.05) is 36.0 Å². The largest absolute Gasteiger partial charge is 0.351 e. The number of anilines is 2. The first kappa shape index (κ1) is 12.9. The maximum Gasteiger partial charge on any atom is 0.225 e. The molecule has 20 heavy (non-hydrogen) atoms. The van der Waals surface area contributed by atoms with Crippen LogP contribution in [0.3, 0.4) is 0 Å². The predicted molar refractivity (Wildman–Crippen MR) is 78.4 cm³/mol. The normalized spacial score (nSPS) is 15.4. The first-order valence-electron chi connectivity index (χ1n) is 6.44. The average molecular weight is 289 g/mol. The molecule has 1 saturated heterocycles. The van der Waals surface area contributed by atoms with Gasteiger partial charge < -0.3 is 9.80 Å². The predicted octanol–water partition coefficient (Wildman–Crippen LogP) is 0.959. The molecule has 0 unspecified atom stereocenters. The van der Waals surface area contributed by atoms with Gasteiger partial charge in [-0.25, -0.2) is 9.97 Å². The van der Waals surface area contributed by atoms with Crippen molar-refractivity contribution in [2.24, 2.45) is 0 Å². The van der Waals surface area contributed by atoms with E-state index in [9.17, 15) is 0 Å². The highest BCUT2D eigenvalue weighted by molar-refractivity contribution is 7.71. The Morgan fingerprint density at radius 1 is 1.10 bits per heavy atom. The molecule has 0 spiro atoms. The van der Waals surface area contributed by atoms with Crippen LogP contribution in [-0.2, 0) is 0 Å². The van der Waals surface area contributed by atoms with Crippen molar-refractivity contribution in [3.05, 3.63) is 28.9 Å². The smallest absolute Gasteiger partial charge is 0.225 e. The van der Waals surface area contributed by atoms with Crippen molar-refractivity contribution in [1.29, 1.82) is 0 Å². The van der Waals surface area contributed by atoms with Gasteiger partial charge in [-0.3, -0.25) is 5.10 Å². The number of piperazine rings is 1. The molecule has 1 N–H and O–H groups in total. The lowest BCUT2D eigenvalue weighted by Crippen LogP contribution is -2.47. The lowest BCUT2D eigenvalue weighted by atomic mass is 10.3. The average Bonchev–Trinajstić information content (AvgIpc) is 2.51. The third kappa shape index (κ3) is 2.60. The number of nitrogens with zero attached hydrogens (tertiary/aromatic N) is 6. The van der Waals surface area contributed by atoms with Gasteiger partial charge in [0.15, 0.2) is 5.82 Å². The summed E-state index contributed by atoms with van der Waals surface area (Å²) < 4.78 is 0.416. The molecule has 7 nitrogen and oxygen atoms in total. The van der Waals surface area contributed by atoms with Crippen LogP contribution in [0.25, 0.3) is 0 Å². The van der Waals surface area contributed by atoms with E-state index in [0.717, 1.165) is 43.6 Å². The van der Waals surface area contributed by atoms with Gasteiger partial charge in [-0.2, -0.15) is 10.1 Å². The molecule has 0 radical (unpaired) electrons. The highest BCUT2D eigenvalue weighted by Gasteiger charge is 2.21. The fraction of sp³-hybridized carbons (Fsp3) is 0.417. The van der Waals surface area contributed by atoms with Gasteiger partial charge in [0.25, 0.3) is 0 Å². The standard InChI is InChI=1S/C12H15N7S/c1-9-10(15-12(20)17-16-9)18-5-7-19(8-6-18)11-13-3-2-4-14-11/h2-4H,5-8H2,1H3,(H,15,17,20). The fourth-order valence-electron chi connectivity index (χ4n) is 2.26. The van der Waals surface area contributed by atoms with E-state index < -0.39 is 0 Å². The van der Waals surface area contributed by atoms with E-state index in [1.54, 1.807) is 12.4 Å². The lowest BCUT2D eigenvalue weighted by molar-refractivity contribution is 0.629. The molecule has 2 aromatic heterocycles. The molecule has 0 aliphatic carbocycles. The van der Waals surface area contributed by atoms with Crippen LogP contribution in [0.2, 0.25) is 0 Å². The minimum Gasteiger partial charge on any atom is -0.351 e. The van der Waals surface area contributed by atoms with Gasteiger partial charge in [-0.15, -0.1) is 0 Å². The summed E-state index contributed by atoms with van der Waals surface area (Å²) in [5.74, 6) is 1.64. The molecule has 8 heteroatoms. The van der Waals surface area contributed by atoms with Crippen LogP contribution in [-0.4, -0.2) is 51.3 Å². The van der Waals surface area contributed by atoms with Crippen molar-refractivity contribution in [3.63, 3.8) is 0 Å². The van der Waals surface area contributed by atoms with Gasteiger partial charge >= 0.3 is 0 Å². The zero-order valence-electron chi connectivity index (χ0n) is 11.2. The van der Waals surface area contributed by atoms with E-state index in [2.05, 4.69) is 34.9 Å². The Hall–Kier alpha value is -2.09. The summed E-state index contributed by atoms with van der Waals surface area (Å²) in [7, 11) is 0. The Morgan fingerprint density at radius 3 is 2.45 bits per heavy atom. The molecular weight excluding hydrogens is 274 g/mol. The molecular formula is C12H15N7S. The minimum atomic E-state index is 0.416. The Bertz CT molecular complexity index is 634. The summed E-state index contributed by atoms with van der Waals surface area (Å²) in [5.41, 5.74) is 0.864. The summed E-state index contributed by atoms with van der Waals surface area (Å²) in [4.78, 5) is 17.3. The highest BCUT2D eigenvalue weighted by Crippen LogP contribution is 2.17. The van der Waals surface area contributed by atoms with Crippen LogP contribution in [0.1, 0.15) is 5.69 Å². The van der Waals surface area contributed by atoms with E-state index in [1.807, 2.05) is 13.0 Å². The fourth-order valence-corrected chi connectivity index (χ4v) is 2.39. The van der Waals surface area contributed by atoms with Crippen molar-refractivity contribution < 1.29 is 0 Å². The van der Waals surface area contributed by atoms with E-state index in [0.29, 0.717) is 4.77 Å². The number of rotatable bonds is 2. The maximum absolute atomic E-state index is 5.04. The van der Waals surface area contributed by atoms with Crippen molar-refractivity contribution >= 4 is 24.0 Å². The SMILES string of the molecule is Cc1n[nH]c(=S)nc1N1CCN(c2ncccn2)CC1. The number of nitrogens with one attached hydrogen (secondary N) is 1. The zero-order chi connectivity index (χ0) is 13.9. The van der Waals surface area contributed by atoms with Gasteiger partial charge in [-0.1, -0.05) is 0 Å². The van der Waals surface area contributed by atoms with Gasteiger partial charge in [0.05, 0.1) is 0 Å². The van der Waals surface area contributed by atoms with Gasteiger partial charge in [0.2, 0.25) is 10.7 Å². The quantitative estimate of drug-likeness (QED) is 0.825. The van der Waals surface area contributed by atoms with E-state index in [-0.39, 0.29) is 0 Å². The number of aromatic amines is 1. The third-order valence-corrected chi connectivity index (χ3v) is 3.45. The van der Waals surface area contributed by atoms with Crippen LogP contribution >= 0.6 is 12.2 Å². The van der Waals surface area contributed by atoms with E-state index >= 15 is 0 Å². The molecule has 3 rings (SSSR count). The zero-order valence-corrected chi connectivity index (χ0v) is 12.0. The number of aromatic nitrogens is 5. The molecule has 104 valence electrons. The maximum atomic E-state index is 5.04. The van der Waals surface area contributed by atoms with Gasteiger partial charge in [0, 0.05) is 38.6 Å². The molecule has 0 aromatic carbocycles. The summed E-state index contributed by atoms with van der Waals surface area (Å²) in [6, 6.07) is 1.82. The monoisotopic (exact) mass is 289 g/mol. The van der Waals surface area contributed by atoms with Crippen LogP contribution < -0.4 is 9.80 Å². The second-order valence-corrected chi connectivity index (χ2v) is 4.96. The summed E-state index contributed by atoms with van der Waals surface area (Å²) in [5, 5.41) is 6.87. The van der Waals surface area contributed by atoms with Crippen molar-refractivity contribution in [3.8, 4) is 0 Å². The first-order valence-corrected chi connectivity index (χ1v) is 6.85. The van der Waals surface area contributed by atoms with Gasteiger partial charge in [0.1, 0.15) is 5.69 Å². The summed E-state index contributed by atoms with van der Waals surface area (Å²) in [6.07, 6.45) is 3.53. The van der Waals surface area contributed by atoms with E-state index in [4.69, 9.17) is 12.2 Å². The highest BCUT2D eigenvalue weighted by atomic mass is 32.1. The molecule has 1 fully saturated rings. The molecule has 0 amide bonds. The van der Waals surface area contributed by atoms with Crippen molar-refractivity contribution in [1.82, 2.24) is 25.1 Å². The Labute approximate surface area is 121 Å². The number of hydrogen-bond acceptors (Lipinski definition) is 7. The Kier molecular flexibility index (Phi) is 3.55. The topological polar surface area (TPSA) is 73.8 Å². The Morgan fingerprint density at radius 2 is 1.75 bits per heavy atom.